The van der Waals surface area contributed by atoms with Crippen LogP contribution in [-0.2, 0) is 16.1 Å². The van der Waals surface area contributed by atoms with E-state index in [2.05, 4.69) is 4.98 Å². The van der Waals surface area contributed by atoms with Gasteiger partial charge >= 0.3 is 5.69 Å². The first-order valence-corrected chi connectivity index (χ1v) is 11.0. The van der Waals surface area contributed by atoms with Crippen molar-refractivity contribution in [2.75, 3.05) is 30.9 Å². The largest absolute Gasteiger partial charge is 0.385 e. The smallest absolute Gasteiger partial charge is 0.330 e. The quantitative estimate of drug-likeness (QED) is 0.381. The van der Waals surface area contributed by atoms with Crippen LogP contribution in [0.5, 0.6) is 0 Å². The molecule has 0 unspecified atom stereocenters. The highest BCUT2D eigenvalue weighted by atomic mass is 32.1. The van der Waals surface area contributed by atoms with E-state index >= 15 is 0 Å². The number of aromatic nitrogens is 2. The number of aromatic amines is 1. The van der Waals surface area contributed by atoms with Crippen molar-refractivity contribution in [3.8, 4) is 0 Å². The lowest BCUT2D eigenvalue weighted by molar-refractivity contribution is -0.114. The molecule has 8 nitrogen and oxygen atoms in total. The predicted octanol–water partition coefficient (Wildman–Crippen LogP) is 2.62. The Morgan fingerprint density at radius 1 is 1.25 bits per heavy atom. The van der Waals surface area contributed by atoms with Gasteiger partial charge in [-0.25, -0.2) is 4.79 Å². The third-order valence-electron chi connectivity index (χ3n) is 4.94. The number of benzene rings is 1. The van der Waals surface area contributed by atoms with Crippen molar-refractivity contribution in [2.45, 2.75) is 19.9 Å². The molecular weight excluding hydrogens is 428 g/mol. The Kier molecular flexibility index (Phi) is 7.80. The lowest BCUT2D eigenvalue weighted by Gasteiger charge is -2.23. The highest BCUT2D eigenvalue weighted by molar-refractivity contribution is 7.11. The molecule has 1 amide bonds. The Bertz CT molecular complexity index is 1210. The molecule has 0 bridgehead atoms. The van der Waals surface area contributed by atoms with E-state index in [0.29, 0.717) is 13.0 Å². The summed E-state index contributed by atoms with van der Waals surface area (Å²) >= 11 is 1.52. The van der Waals surface area contributed by atoms with Crippen molar-refractivity contribution in [3.63, 3.8) is 0 Å². The number of anilines is 2. The standard InChI is InChI=1S/C23H26N4O4S/c1-16-11-14-32-18(16)9-10-19(28)26(12-6-13-31-2)20-21(24)27(23(30)25-22(20)29)15-17-7-4-3-5-8-17/h3-5,7-11,14H,6,12-13,15,24H2,1-2H3,(H,25,29,30)/b10-9+. The number of nitrogen functional groups attached to an aromatic ring is 1. The normalized spacial score (nSPS) is 11.2. The van der Waals surface area contributed by atoms with Crippen molar-refractivity contribution in [2.24, 2.45) is 0 Å². The molecule has 0 aliphatic heterocycles. The van der Waals surface area contributed by atoms with Gasteiger partial charge < -0.3 is 15.4 Å². The fraction of sp³-hybridized carbons (Fsp3) is 0.261. The van der Waals surface area contributed by atoms with Crippen molar-refractivity contribution in [1.29, 1.82) is 0 Å². The Labute approximate surface area is 189 Å². The highest BCUT2D eigenvalue weighted by Crippen LogP contribution is 2.21. The molecule has 2 heterocycles. The van der Waals surface area contributed by atoms with E-state index in [1.54, 1.807) is 13.2 Å². The van der Waals surface area contributed by atoms with Crippen molar-refractivity contribution >= 4 is 34.8 Å². The number of ether oxygens (including phenoxy) is 1. The number of nitrogens with zero attached hydrogens (tertiary/aromatic N) is 2. The van der Waals surface area contributed by atoms with Gasteiger partial charge in [-0.3, -0.25) is 19.1 Å². The van der Waals surface area contributed by atoms with Crippen LogP contribution in [0.4, 0.5) is 11.5 Å². The number of carbonyl (C=O) groups is 1. The van der Waals surface area contributed by atoms with Crippen LogP contribution in [-0.4, -0.2) is 35.7 Å². The molecular formula is C23H26N4O4S. The molecule has 3 aromatic rings. The van der Waals surface area contributed by atoms with Crippen LogP contribution < -0.4 is 21.9 Å². The van der Waals surface area contributed by atoms with Gasteiger partial charge in [-0.2, -0.15) is 0 Å². The van der Waals surface area contributed by atoms with E-state index in [1.807, 2.05) is 48.7 Å². The maximum Gasteiger partial charge on any atom is 0.330 e. The zero-order valence-corrected chi connectivity index (χ0v) is 18.9. The molecule has 168 valence electrons. The lowest BCUT2D eigenvalue weighted by atomic mass is 10.2. The van der Waals surface area contributed by atoms with Crippen LogP contribution in [0.2, 0.25) is 0 Å². The first kappa shape index (κ1) is 23.2. The average molecular weight is 455 g/mol. The zero-order valence-electron chi connectivity index (χ0n) is 18.0. The number of hydrogen-bond donors (Lipinski definition) is 2. The third kappa shape index (κ3) is 5.43. The van der Waals surface area contributed by atoms with Crippen LogP contribution in [0.15, 0.2) is 57.4 Å². The SMILES string of the molecule is COCCCN(C(=O)/C=C/c1sccc1C)c1c(N)n(Cc2ccccc2)c(=O)[nH]c1=O. The second-order valence-electron chi connectivity index (χ2n) is 7.20. The number of aryl methyl sites for hydroxylation is 1. The first-order valence-electron chi connectivity index (χ1n) is 10.1. The van der Waals surface area contributed by atoms with Gasteiger partial charge in [-0.05, 0) is 42.0 Å². The second-order valence-corrected chi connectivity index (χ2v) is 8.15. The summed E-state index contributed by atoms with van der Waals surface area (Å²) in [6.45, 7) is 2.73. The van der Waals surface area contributed by atoms with Crippen LogP contribution in [0.1, 0.15) is 22.4 Å². The van der Waals surface area contributed by atoms with Gasteiger partial charge in [0, 0.05) is 31.2 Å². The molecule has 9 heteroatoms. The number of carbonyl (C=O) groups excluding carboxylic acids is 1. The van der Waals surface area contributed by atoms with E-state index < -0.39 is 17.2 Å². The molecule has 0 atom stereocenters. The van der Waals surface area contributed by atoms with Crippen LogP contribution in [0, 0.1) is 6.92 Å². The number of thiophene rings is 1. The summed E-state index contributed by atoms with van der Waals surface area (Å²) in [4.78, 5) is 42.9. The molecule has 0 radical (unpaired) electrons. The minimum atomic E-state index is -0.705. The molecule has 32 heavy (non-hydrogen) atoms. The summed E-state index contributed by atoms with van der Waals surface area (Å²) < 4.78 is 6.36. The zero-order chi connectivity index (χ0) is 23.1. The van der Waals surface area contributed by atoms with Gasteiger partial charge in [0.1, 0.15) is 5.82 Å². The Morgan fingerprint density at radius 2 is 2.00 bits per heavy atom. The molecule has 0 saturated carbocycles. The van der Waals surface area contributed by atoms with Crippen molar-refractivity contribution < 1.29 is 9.53 Å². The summed E-state index contributed by atoms with van der Waals surface area (Å²) in [6, 6.07) is 11.2. The number of amides is 1. The fourth-order valence-corrected chi connectivity index (χ4v) is 4.07. The summed E-state index contributed by atoms with van der Waals surface area (Å²) in [5.74, 6) is -0.468. The number of nitrogens with one attached hydrogen (secondary N) is 1. The molecule has 3 N–H and O–H groups in total. The minimum absolute atomic E-state index is 0.0471. The molecule has 0 fully saturated rings. The predicted molar refractivity (Wildman–Crippen MR) is 128 cm³/mol. The molecule has 0 aliphatic rings. The topological polar surface area (TPSA) is 110 Å². The second kappa shape index (κ2) is 10.7. The lowest BCUT2D eigenvalue weighted by Crippen LogP contribution is -2.41. The molecule has 0 saturated heterocycles. The van der Waals surface area contributed by atoms with Crippen LogP contribution in [0.3, 0.4) is 0 Å². The number of methoxy groups -OCH3 is 1. The number of H-pyrrole nitrogens is 1. The van der Waals surface area contributed by atoms with Gasteiger partial charge in [-0.15, -0.1) is 11.3 Å². The molecule has 3 rings (SSSR count). The fourth-order valence-electron chi connectivity index (χ4n) is 3.25. The van der Waals surface area contributed by atoms with Gasteiger partial charge in [0.05, 0.1) is 6.54 Å². The Hall–Kier alpha value is -3.43. The number of hydrogen-bond acceptors (Lipinski definition) is 6. The Balaban J connectivity index is 2.01. The van der Waals surface area contributed by atoms with Crippen LogP contribution >= 0.6 is 11.3 Å². The van der Waals surface area contributed by atoms with E-state index in [4.69, 9.17) is 10.5 Å². The highest BCUT2D eigenvalue weighted by Gasteiger charge is 2.23. The van der Waals surface area contributed by atoms with Gasteiger partial charge in [0.25, 0.3) is 11.5 Å². The maximum absolute atomic E-state index is 13.1. The van der Waals surface area contributed by atoms with Crippen molar-refractivity contribution in [3.05, 3.63) is 84.7 Å². The first-order chi connectivity index (χ1) is 15.4. The Morgan fingerprint density at radius 3 is 2.66 bits per heavy atom. The third-order valence-corrected chi connectivity index (χ3v) is 5.93. The van der Waals surface area contributed by atoms with Gasteiger partial charge in [-0.1, -0.05) is 30.3 Å². The van der Waals surface area contributed by atoms with E-state index in [1.165, 1.54) is 26.9 Å². The molecule has 1 aromatic carbocycles. The average Bonchev–Trinajstić information content (AvgIpc) is 3.19. The van der Waals surface area contributed by atoms with Crippen molar-refractivity contribution in [1.82, 2.24) is 9.55 Å². The minimum Gasteiger partial charge on any atom is -0.385 e. The maximum atomic E-state index is 13.1. The summed E-state index contributed by atoms with van der Waals surface area (Å²) in [5, 5.41) is 1.94. The number of rotatable bonds is 9. The van der Waals surface area contributed by atoms with E-state index in [9.17, 15) is 14.4 Å². The monoisotopic (exact) mass is 454 g/mol. The van der Waals surface area contributed by atoms with E-state index in [0.717, 1.165) is 16.0 Å². The van der Waals surface area contributed by atoms with Gasteiger partial charge in [0.2, 0.25) is 0 Å². The van der Waals surface area contributed by atoms with E-state index in [-0.39, 0.29) is 24.6 Å². The number of nitrogens with two attached hydrogens (primary N) is 1. The summed E-state index contributed by atoms with van der Waals surface area (Å²) in [5.41, 5.74) is 6.80. The summed E-state index contributed by atoms with van der Waals surface area (Å²) in [7, 11) is 1.56. The molecule has 2 aromatic heterocycles. The molecule has 0 spiro atoms. The van der Waals surface area contributed by atoms with Crippen LogP contribution in [0.25, 0.3) is 6.08 Å². The molecule has 0 aliphatic carbocycles. The summed E-state index contributed by atoms with van der Waals surface area (Å²) in [6.07, 6.45) is 3.62. The van der Waals surface area contributed by atoms with Gasteiger partial charge in [0.15, 0.2) is 5.69 Å².